The highest BCUT2D eigenvalue weighted by molar-refractivity contribution is 7.25. The average molecular weight is 544 g/mol. The molecule has 0 spiro atoms. The van der Waals surface area contributed by atoms with Crippen molar-refractivity contribution in [3.05, 3.63) is 35.9 Å². The number of ether oxygens (including phenoxy) is 1. The molecule has 3 aromatic heterocycles. The fourth-order valence-corrected chi connectivity index (χ4v) is 5.69. The molecule has 0 unspecified atom stereocenters. The van der Waals surface area contributed by atoms with Gasteiger partial charge in [0.1, 0.15) is 15.0 Å². The van der Waals surface area contributed by atoms with Crippen LogP contribution in [0.2, 0.25) is 0 Å². The summed E-state index contributed by atoms with van der Waals surface area (Å²) >= 11 is 1.13. The first-order valence-electron chi connectivity index (χ1n) is 12.1. The molecule has 1 saturated heterocycles. The topological polar surface area (TPSA) is 78.8 Å². The van der Waals surface area contributed by atoms with Crippen molar-refractivity contribution in [1.29, 1.82) is 0 Å². The number of thiophene rings is 1. The van der Waals surface area contributed by atoms with Crippen molar-refractivity contribution in [3.63, 3.8) is 0 Å². The van der Waals surface area contributed by atoms with Gasteiger partial charge >= 0.3 is 6.18 Å². The number of hydrogen-bond acceptors (Lipinski definition) is 9. The van der Waals surface area contributed by atoms with Gasteiger partial charge in [-0.15, -0.1) is 11.3 Å². The Labute approximate surface area is 222 Å². The summed E-state index contributed by atoms with van der Waals surface area (Å²) in [5.41, 5.74) is 1.18. The van der Waals surface area contributed by atoms with E-state index in [0.29, 0.717) is 35.9 Å². The van der Waals surface area contributed by atoms with Gasteiger partial charge in [-0.1, -0.05) is 19.6 Å². The van der Waals surface area contributed by atoms with Crippen molar-refractivity contribution in [2.45, 2.75) is 26.9 Å². The van der Waals surface area contributed by atoms with E-state index in [4.69, 9.17) is 4.74 Å². The maximum atomic E-state index is 14.5. The van der Waals surface area contributed by atoms with Crippen molar-refractivity contribution < 1.29 is 17.9 Å². The van der Waals surface area contributed by atoms with E-state index in [0.717, 1.165) is 49.1 Å². The highest BCUT2D eigenvalue weighted by Gasteiger charge is 2.36. The van der Waals surface area contributed by atoms with Crippen LogP contribution in [0, 0.1) is 0 Å². The number of pyridine rings is 1. The van der Waals surface area contributed by atoms with Gasteiger partial charge in [0.15, 0.2) is 0 Å². The number of nitrogens with one attached hydrogen (secondary N) is 1. The molecule has 12 heteroatoms. The Bertz CT molecular complexity index is 1480. The van der Waals surface area contributed by atoms with Crippen molar-refractivity contribution in [3.8, 4) is 17.1 Å². The van der Waals surface area contributed by atoms with E-state index < -0.39 is 11.7 Å². The zero-order valence-corrected chi connectivity index (χ0v) is 20.9. The Hall–Kier alpha value is -3.51. The number of hydrogen-bond donors (Lipinski definition) is 1. The van der Waals surface area contributed by atoms with E-state index in [9.17, 15) is 13.2 Å². The standard InChI is InChI=1S/C25H24F3N7OS.CH4/c1-2-36-22-21-20(32-24(33-22)34-12-9-29-10-13-34)19-17(25(26,27)28)14-18(31-23(19)37-21)15-4-6-16(7-5-15)35-11-3-8-30-35;/h4-8,14,29H,2-3,9-13H2,1H3;1H4. The third kappa shape index (κ3) is 4.73. The first kappa shape index (κ1) is 26.1. The molecule has 0 atom stereocenters. The smallest absolute Gasteiger partial charge is 0.417 e. The predicted octanol–water partition coefficient (Wildman–Crippen LogP) is 5.57. The quantitative estimate of drug-likeness (QED) is 0.353. The lowest BCUT2D eigenvalue weighted by Crippen LogP contribution is -2.44. The molecule has 0 aliphatic carbocycles. The molecule has 6 rings (SSSR count). The summed E-state index contributed by atoms with van der Waals surface area (Å²) in [6, 6.07) is 8.36. The van der Waals surface area contributed by atoms with Gasteiger partial charge in [-0.2, -0.15) is 23.3 Å². The number of benzene rings is 1. The third-order valence-corrected chi connectivity index (χ3v) is 7.44. The van der Waals surface area contributed by atoms with Crippen LogP contribution in [0.5, 0.6) is 5.88 Å². The lowest BCUT2D eigenvalue weighted by molar-refractivity contribution is -0.136. The summed E-state index contributed by atoms with van der Waals surface area (Å²) in [4.78, 5) is 16.1. The number of rotatable bonds is 5. The molecule has 38 heavy (non-hydrogen) atoms. The van der Waals surface area contributed by atoms with Crippen LogP contribution in [0.3, 0.4) is 0 Å². The first-order valence-corrected chi connectivity index (χ1v) is 13.0. The SMILES string of the molecule is C.CCOc1nc(N2CCNCC2)nc2c1sc1nc(-c3ccc(N4CCC=N4)cc3)cc(C(F)(F)F)c12. The Balaban J connectivity index is 0.00000294. The minimum atomic E-state index is -4.60. The van der Waals surface area contributed by atoms with E-state index in [1.54, 1.807) is 12.1 Å². The van der Waals surface area contributed by atoms with Gasteiger partial charge in [-0.25, -0.2) is 9.97 Å². The van der Waals surface area contributed by atoms with Crippen LogP contribution >= 0.6 is 11.3 Å². The second kappa shape index (κ2) is 10.3. The molecule has 1 fully saturated rings. The van der Waals surface area contributed by atoms with Crippen molar-refractivity contribution in [1.82, 2.24) is 20.3 Å². The van der Waals surface area contributed by atoms with Crippen LogP contribution in [0.25, 0.3) is 31.7 Å². The molecular formula is C26H28F3N7OS. The Morgan fingerprint density at radius 2 is 1.82 bits per heavy atom. The molecule has 1 aromatic carbocycles. The van der Waals surface area contributed by atoms with Crippen LogP contribution in [-0.4, -0.2) is 60.5 Å². The average Bonchev–Trinajstić information content (AvgIpc) is 3.57. The molecular weight excluding hydrogens is 515 g/mol. The van der Waals surface area contributed by atoms with Crippen molar-refractivity contribution in [2.75, 3.05) is 49.2 Å². The highest BCUT2D eigenvalue weighted by Crippen LogP contribution is 2.45. The molecule has 0 bridgehead atoms. The lowest BCUT2D eigenvalue weighted by atomic mass is 10.1. The molecule has 1 N–H and O–H groups in total. The zero-order chi connectivity index (χ0) is 25.6. The lowest BCUT2D eigenvalue weighted by Gasteiger charge is -2.27. The Morgan fingerprint density at radius 3 is 2.47 bits per heavy atom. The number of fused-ring (bicyclic) bond motifs is 3. The normalized spacial score (nSPS) is 15.9. The van der Waals surface area contributed by atoms with Crippen LogP contribution in [0.4, 0.5) is 24.8 Å². The number of nitrogens with zero attached hydrogens (tertiary/aromatic N) is 6. The Kier molecular flexibility index (Phi) is 7.10. The maximum absolute atomic E-state index is 14.5. The van der Waals surface area contributed by atoms with Crippen LogP contribution in [-0.2, 0) is 6.18 Å². The van der Waals surface area contributed by atoms with Gasteiger partial charge < -0.3 is 15.0 Å². The monoisotopic (exact) mass is 543 g/mol. The number of anilines is 2. The minimum Gasteiger partial charge on any atom is -0.477 e. The molecule has 0 amide bonds. The molecule has 8 nitrogen and oxygen atoms in total. The van der Waals surface area contributed by atoms with Gasteiger partial charge in [0.25, 0.3) is 0 Å². The zero-order valence-electron chi connectivity index (χ0n) is 20.0. The number of alkyl halides is 3. The fourth-order valence-electron chi connectivity index (χ4n) is 4.61. The van der Waals surface area contributed by atoms with Gasteiger partial charge in [-0.3, -0.25) is 5.01 Å². The number of piperazine rings is 1. The maximum Gasteiger partial charge on any atom is 0.417 e. The predicted molar refractivity (Wildman–Crippen MR) is 147 cm³/mol. The largest absolute Gasteiger partial charge is 0.477 e. The van der Waals surface area contributed by atoms with E-state index in [1.807, 2.05) is 35.2 Å². The number of hydrazone groups is 1. The molecule has 0 radical (unpaired) electrons. The van der Waals surface area contributed by atoms with Crippen LogP contribution in [0.1, 0.15) is 26.3 Å². The minimum absolute atomic E-state index is 0. The highest BCUT2D eigenvalue weighted by atomic mass is 32.1. The van der Waals surface area contributed by atoms with Gasteiger partial charge in [0.05, 0.1) is 28.9 Å². The molecule has 5 heterocycles. The molecule has 2 aliphatic rings. The molecule has 2 aliphatic heterocycles. The second-order valence-electron chi connectivity index (χ2n) is 8.77. The van der Waals surface area contributed by atoms with Gasteiger partial charge in [-0.05, 0) is 25.1 Å². The summed E-state index contributed by atoms with van der Waals surface area (Å²) in [6.45, 7) is 5.75. The fraction of sp³-hybridized carbons (Fsp3) is 0.385. The van der Waals surface area contributed by atoms with Crippen LogP contribution < -0.4 is 20.0 Å². The van der Waals surface area contributed by atoms with E-state index in [-0.39, 0.29) is 34.7 Å². The van der Waals surface area contributed by atoms with E-state index >= 15 is 0 Å². The Morgan fingerprint density at radius 1 is 1.05 bits per heavy atom. The van der Waals surface area contributed by atoms with Crippen LogP contribution in [0.15, 0.2) is 35.4 Å². The van der Waals surface area contributed by atoms with E-state index in [2.05, 4.69) is 25.4 Å². The summed E-state index contributed by atoms with van der Waals surface area (Å²) in [7, 11) is 0. The van der Waals surface area contributed by atoms with Gasteiger partial charge in [0, 0.05) is 50.9 Å². The summed E-state index contributed by atoms with van der Waals surface area (Å²) in [5.74, 6) is 0.656. The third-order valence-electron chi connectivity index (χ3n) is 6.38. The number of halogens is 3. The second-order valence-corrected chi connectivity index (χ2v) is 9.77. The van der Waals surface area contributed by atoms with E-state index in [1.165, 1.54) is 0 Å². The molecule has 4 aromatic rings. The number of aromatic nitrogens is 3. The van der Waals surface area contributed by atoms with Crippen molar-refractivity contribution in [2.24, 2.45) is 5.10 Å². The van der Waals surface area contributed by atoms with Crippen molar-refractivity contribution >= 4 is 49.6 Å². The summed E-state index contributed by atoms with van der Waals surface area (Å²) in [5, 5.41) is 9.40. The molecule has 200 valence electrons. The summed E-state index contributed by atoms with van der Waals surface area (Å²) in [6.07, 6.45) is -1.89. The van der Waals surface area contributed by atoms with Gasteiger partial charge in [0.2, 0.25) is 11.8 Å². The molecule has 0 saturated carbocycles. The first-order chi connectivity index (χ1) is 17.9. The summed E-state index contributed by atoms with van der Waals surface area (Å²) < 4.78 is 49.6.